The molecule has 0 aromatic carbocycles. The van der Waals surface area contributed by atoms with Gasteiger partial charge in [0, 0.05) is 0 Å². The van der Waals surface area contributed by atoms with Crippen LogP contribution in [0.5, 0.6) is 0 Å². The Morgan fingerprint density at radius 3 is 1.90 bits per heavy atom. The summed E-state index contributed by atoms with van der Waals surface area (Å²) in [6.45, 7) is 0. The van der Waals surface area contributed by atoms with Crippen LogP contribution in [-0.2, 0) is 14.0 Å². The molecule has 3 aliphatic carbocycles. The molecule has 0 radical (unpaired) electrons. The fourth-order valence-corrected chi connectivity index (χ4v) is 11.1. The lowest BCUT2D eigenvalue weighted by molar-refractivity contribution is 0.0715. The molecule has 5 unspecified atom stereocenters. The minimum atomic E-state index is -2.66. The summed E-state index contributed by atoms with van der Waals surface area (Å²) in [5.74, 6) is 1.68. The van der Waals surface area contributed by atoms with Crippen molar-refractivity contribution in [1.82, 2.24) is 0 Å². The Hall–Kier alpha value is -1.21. The summed E-state index contributed by atoms with van der Waals surface area (Å²) >= 11 is 0. The standard InChI is InChI=1S/C26H37O3P/c27-30-24-18-12-5-1-3-8-14-20(24)28-22-16-10-7-11-17-23(26(22)30)29-21-15-9-4-2-6-13-19-25(21)30/h7,10-11,16-17,20-21,24-25H,1-6,8-9,12-15,18-19H2/b10-7-,11-7?,16-10?,17-11-,22-16?,23-17?. The summed E-state index contributed by atoms with van der Waals surface area (Å²) in [6, 6.07) is 0. The third kappa shape index (κ3) is 3.77. The molecule has 5 atom stereocenters. The van der Waals surface area contributed by atoms with E-state index in [1.807, 2.05) is 30.4 Å². The summed E-state index contributed by atoms with van der Waals surface area (Å²) in [7, 11) is -2.66. The van der Waals surface area contributed by atoms with Gasteiger partial charge >= 0.3 is 0 Å². The van der Waals surface area contributed by atoms with Gasteiger partial charge < -0.3 is 14.0 Å². The molecule has 1 saturated heterocycles. The maximum Gasteiger partial charge on any atom is 0.136 e. The number of allylic oxidation sites excluding steroid dienone is 6. The highest BCUT2D eigenvalue weighted by Gasteiger charge is 2.57. The molecule has 0 bridgehead atoms. The Balaban J connectivity index is 1.64. The first-order valence-corrected chi connectivity index (χ1v) is 14.4. The lowest BCUT2D eigenvalue weighted by Crippen LogP contribution is -2.44. The van der Waals surface area contributed by atoms with E-state index in [0.29, 0.717) is 0 Å². The van der Waals surface area contributed by atoms with Crippen LogP contribution in [0, 0.1) is 0 Å². The zero-order chi connectivity index (χ0) is 20.4. The number of rotatable bonds is 0. The third-order valence-corrected chi connectivity index (χ3v) is 12.2. The van der Waals surface area contributed by atoms with E-state index in [1.54, 1.807) is 0 Å². The fraction of sp³-hybridized carbons (Fsp3) is 0.692. The minimum Gasteiger partial charge on any atom is -0.489 e. The maximum atomic E-state index is 15.5. The van der Waals surface area contributed by atoms with Crippen molar-refractivity contribution in [2.75, 3.05) is 0 Å². The number of ether oxygens (including phenoxy) is 2. The third-order valence-electron chi connectivity index (χ3n) is 7.91. The molecule has 0 spiro atoms. The fourth-order valence-electron chi connectivity index (χ4n) is 6.44. The number of hydrogen-bond donors (Lipinski definition) is 0. The van der Waals surface area contributed by atoms with E-state index >= 15 is 4.57 Å². The van der Waals surface area contributed by atoms with Crippen LogP contribution < -0.4 is 0 Å². The molecule has 0 aromatic heterocycles. The predicted octanol–water partition coefficient (Wildman–Crippen LogP) is 7.59. The lowest BCUT2D eigenvalue weighted by Gasteiger charge is -2.50. The minimum absolute atomic E-state index is 0.105. The average molecular weight is 429 g/mol. The van der Waals surface area contributed by atoms with Crippen molar-refractivity contribution >= 4 is 7.14 Å². The smallest absolute Gasteiger partial charge is 0.136 e. The first-order chi connectivity index (χ1) is 14.8. The summed E-state index contributed by atoms with van der Waals surface area (Å²) in [5.41, 5.74) is 0.346. The molecule has 2 saturated carbocycles. The van der Waals surface area contributed by atoms with Gasteiger partial charge in [-0.3, -0.25) is 0 Å². The molecule has 2 aliphatic heterocycles. The second-order valence-electron chi connectivity index (χ2n) is 9.83. The van der Waals surface area contributed by atoms with Gasteiger partial charge in [-0.15, -0.1) is 0 Å². The first-order valence-electron chi connectivity index (χ1n) is 12.5. The molecule has 30 heavy (non-hydrogen) atoms. The van der Waals surface area contributed by atoms with E-state index < -0.39 is 7.14 Å². The van der Waals surface area contributed by atoms with Crippen LogP contribution in [0.1, 0.15) is 89.9 Å². The van der Waals surface area contributed by atoms with Gasteiger partial charge in [0.1, 0.15) is 30.9 Å². The average Bonchev–Trinajstić information content (AvgIpc) is 2.92. The van der Waals surface area contributed by atoms with Gasteiger partial charge in [-0.25, -0.2) is 0 Å². The summed E-state index contributed by atoms with van der Waals surface area (Å²) in [5, 5.41) is 0.948. The largest absolute Gasteiger partial charge is 0.489 e. The zero-order valence-electron chi connectivity index (χ0n) is 18.3. The molecule has 5 aliphatic rings. The van der Waals surface area contributed by atoms with Gasteiger partial charge in [0.05, 0.1) is 16.6 Å². The topological polar surface area (TPSA) is 35.5 Å². The Morgan fingerprint density at radius 2 is 1.23 bits per heavy atom. The van der Waals surface area contributed by atoms with Crippen molar-refractivity contribution in [1.29, 1.82) is 0 Å². The molecular formula is C26H37O3P. The highest BCUT2D eigenvalue weighted by Crippen LogP contribution is 2.74. The molecular weight excluding hydrogens is 391 g/mol. The van der Waals surface area contributed by atoms with Crippen LogP contribution in [0.15, 0.2) is 47.2 Å². The van der Waals surface area contributed by atoms with Gasteiger partial charge in [0.2, 0.25) is 0 Å². The molecule has 4 heteroatoms. The van der Waals surface area contributed by atoms with Gasteiger partial charge in [-0.2, -0.15) is 0 Å². The molecule has 2 heterocycles. The molecule has 3 nitrogen and oxygen atoms in total. The lowest BCUT2D eigenvalue weighted by atomic mass is 10.0. The van der Waals surface area contributed by atoms with Crippen LogP contribution >= 0.6 is 7.14 Å². The van der Waals surface area contributed by atoms with Crippen molar-refractivity contribution in [2.45, 2.75) is 113 Å². The zero-order valence-corrected chi connectivity index (χ0v) is 19.2. The van der Waals surface area contributed by atoms with Crippen LogP contribution in [-0.4, -0.2) is 23.5 Å². The van der Waals surface area contributed by atoms with E-state index in [-0.39, 0.29) is 23.5 Å². The van der Waals surface area contributed by atoms with Crippen molar-refractivity contribution < 1.29 is 14.0 Å². The second-order valence-corrected chi connectivity index (χ2v) is 13.0. The van der Waals surface area contributed by atoms with Crippen LogP contribution in [0.2, 0.25) is 0 Å². The predicted molar refractivity (Wildman–Crippen MR) is 123 cm³/mol. The van der Waals surface area contributed by atoms with Crippen LogP contribution in [0.4, 0.5) is 0 Å². The molecule has 0 N–H and O–H groups in total. The highest BCUT2D eigenvalue weighted by atomic mass is 31.2. The van der Waals surface area contributed by atoms with Gasteiger partial charge in [-0.05, 0) is 50.7 Å². The SMILES string of the molecule is O=P12C3=C(/C=C\C=C/C=C3OC3CCCCCCCC31)OC1CCCCCCCC12. The Bertz CT molecular complexity index is 801. The summed E-state index contributed by atoms with van der Waals surface area (Å²) in [4.78, 5) is 0. The van der Waals surface area contributed by atoms with E-state index in [1.165, 1.54) is 64.2 Å². The van der Waals surface area contributed by atoms with Crippen molar-refractivity contribution in [3.63, 3.8) is 0 Å². The molecule has 5 rings (SSSR count). The number of hydrogen-bond acceptors (Lipinski definition) is 3. The van der Waals surface area contributed by atoms with Crippen molar-refractivity contribution in [2.24, 2.45) is 0 Å². The van der Waals surface area contributed by atoms with E-state index in [0.717, 1.165) is 42.5 Å². The van der Waals surface area contributed by atoms with Gasteiger partial charge in [-0.1, -0.05) is 69.6 Å². The van der Waals surface area contributed by atoms with Gasteiger partial charge in [0.25, 0.3) is 0 Å². The van der Waals surface area contributed by atoms with Crippen molar-refractivity contribution in [3.05, 3.63) is 47.2 Å². The van der Waals surface area contributed by atoms with E-state index in [4.69, 9.17) is 9.47 Å². The van der Waals surface area contributed by atoms with Crippen LogP contribution in [0.25, 0.3) is 0 Å². The normalized spacial score (nSPS) is 41.5. The Kier molecular flexibility index (Phi) is 6.28. The van der Waals surface area contributed by atoms with E-state index in [2.05, 4.69) is 0 Å². The van der Waals surface area contributed by atoms with Crippen molar-refractivity contribution in [3.8, 4) is 0 Å². The number of fused-ring (bicyclic) bond motifs is 4. The molecule has 0 aromatic rings. The quantitative estimate of drug-likeness (QED) is 0.373. The van der Waals surface area contributed by atoms with Crippen LogP contribution in [0.3, 0.4) is 0 Å². The van der Waals surface area contributed by atoms with E-state index in [9.17, 15) is 0 Å². The first kappa shape index (κ1) is 20.7. The maximum absolute atomic E-state index is 15.5. The Morgan fingerprint density at radius 1 is 0.667 bits per heavy atom. The second kappa shape index (κ2) is 9.11. The molecule has 0 amide bonds. The Labute approximate surface area is 182 Å². The highest BCUT2D eigenvalue weighted by molar-refractivity contribution is 7.70. The van der Waals surface area contributed by atoms with Gasteiger partial charge in [0.15, 0.2) is 0 Å². The summed E-state index contributed by atoms with van der Waals surface area (Å²) < 4.78 is 28.8. The molecule has 3 fully saturated rings. The summed E-state index contributed by atoms with van der Waals surface area (Å²) in [6.07, 6.45) is 27.1. The monoisotopic (exact) mass is 428 g/mol. The molecule has 164 valence electrons.